The summed E-state index contributed by atoms with van der Waals surface area (Å²) in [6.07, 6.45) is 0. The van der Waals surface area contributed by atoms with Crippen molar-refractivity contribution in [3.05, 3.63) is 17.5 Å². The molecule has 1 aliphatic heterocycles. The second-order valence-corrected chi connectivity index (χ2v) is 5.06. The van der Waals surface area contributed by atoms with Crippen molar-refractivity contribution in [3.63, 3.8) is 0 Å². The molecule has 1 fully saturated rings. The lowest BCUT2D eigenvalue weighted by Gasteiger charge is -2.37. The minimum atomic E-state index is -0.0515. The number of hydrogen-bond acceptors (Lipinski definition) is 3. The van der Waals surface area contributed by atoms with Crippen LogP contribution >= 0.6 is 0 Å². The zero-order valence-electron chi connectivity index (χ0n) is 11.6. The van der Waals surface area contributed by atoms with Gasteiger partial charge in [-0.2, -0.15) is 5.10 Å². The van der Waals surface area contributed by atoms with Crippen molar-refractivity contribution >= 4 is 11.8 Å². The fourth-order valence-corrected chi connectivity index (χ4v) is 2.23. The number of rotatable bonds is 4. The van der Waals surface area contributed by atoms with Crippen molar-refractivity contribution in [2.75, 3.05) is 19.6 Å². The van der Waals surface area contributed by atoms with E-state index in [0.29, 0.717) is 26.2 Å². The summed E-state index contributed by atoms with van der Waals surface area (Å²) >= 11 is 0. The zero-order valence-corrected chi connectivity index (χ0v) is 11.6. The first-order chi connectivity index (χ1) is 8.97. The summed E-state index contributed by atoms with van der Waals surface area (Å²) in [6.45, 7) is 7.80. The summed E-state index contributed by atoms with van der Waals surface area (Å²) in [5.41, 5.74) is 2.08. The molecule has 2 heterocycles. The van der Waals surface area contributed by atoms with Gasteiger partial charge in [-0.15, -0.1) is 0 Å². The van der Waals surface area contributed by atoms with Gasteiger partial charge in [-0.3, -0.25) is 14.3 Å². The number of aryl methyl sites for hydroxylation is 2. The molecule has 2 amide bonds. The predicted molar refractivity (Wildman–Crippen MR) is 70.5 cm³/mol. The summed E-state index contributed by atoms with van der Waals surface area (Å²) in [5.74, 6) is 0.00933. The lowest BCUT2D eigenvalue weighted by atomic mass is 9.99. The number of nitrogens with zero attached hydrogens (tertiary/aromatic N) is 3. The SMILES string of the molecule is CC(=O)N1CC(C(=O)NCCn2nc(C)cc2C)C1. The van der Waals surface area contributed by atoms with Crippen molar-refractivity contribution < 1.29 is 9.59 Å². The van der Waals surface area contributed by atoms with Crippen LogP contribution in [0.5, 0.6) is 0 Å². The van der Waals surface area contributed by atoms with Crippen molar-refractivity contribution in [1.29, 1.82) is 0 Å². The number of amides is 2. The molecule has 2 rings (SSSR count). The fourth-order valence-electron chi connectivity index (χ4n) is 2.23. The van der Waals surface area contributed by atoms with Gasteiger partial charge >= 0.3 is 0 Å². The van der Waals surface area contributed by atoms with Gasteiger partial charge in [0.1, 0.15) is 0 Å². The van der Waals surface area contributed by atoms with Crippen LogP contribution in [0.15, 0.2) is 6.07 Å². The Morgan fingerprint density at radius 2 is 2.11 bits per heavy atom. The highest BCUT2D eigenvalue weighted by atomic mass is 16.2. The summed E-state index contributed by atoms with van der Waals surface area (Å²) < 4.78 is 1.89. The Labute approximate surface area is 112 Å². The van der Waals surface area contributed by atoms with Crippen LogP contribution in [0.1, 0.15) is 18.3 Å². The van der Waals surface area contributed by atoms with Gasteiger partial charge in [0.25, 0.3) is 0 Å². The number of hydrogen-bond donors (Lipinski definition) is 1. The summed E-state index contributed by atoms with van der Waals surface area (Å²) in [4.78, 5) is 24.5. The Morgan fingerprint density at radius 1 is 1.42 bits per heavy atom. The van der Waals surface area contributed by atoms with Crippen molar-refractivity contribution in [3.8, 4) is 0 Å². The standard InChI is InChI=1S/C13H20N4O2/c1-9-6-10(2)17(15-9)5-4-14-13(19)12-7-16(8-12)11(3)18/h6,12H,4-5,7-8H2,1-3H3,(H,14,19). The Morgan fingerprint density at radius 3 is 2.63 bits per heavy atom. The largest absolute Gasteiger partial charge is 0.354 e. The van der Waals surface area contributed by atoms with Crippen LogP contribution in [0.3, 0.4) is 0 Å². The maximum absolute atomic E-state index is 11.8. The highest BCUT2D eigenvalue weighted by Crippen LogP contribution is 2.15. The Balaban J connectivity index is 1.71. The average Bonchev–Trinajstić information content (AvgIpc) is 2.54. The third-order valence-electron chi connectivity index (χ3n) is 3.42. The molecule has 0 spiro atoms. The zero-order chi connectivity index (χ0) is 14.0. The topological polar surface area (TPSA) is 67.2 Å². The van der Waals surface area contributed by atoms with Gasteiger partial charge < -0.3 is 10.2 Å². The first-order valence-electron chi connectivity index (χ1n) is 6.51. The highest BCUT2D eigenvalue weighted by molar-refractivity contribution is 5.83. The van der Waals surface area contributed by atoms with E-state index in [-0.39, 0.29) is 17.7 Å². The smallest absolute Gasteiger partial charge is 0.226 e. The first-order valence-corrected chi connectivity index (χ1v) is 6.51. The van der Waals surface area contributed by atoms with Gasteiger partial charge in [-0.25, -0.2) is 0 Å². The maximum atomic E-state index is 11.8. The van der Waals surface area contributed by atoms with Gasteiger partial charge in [-0.05, 0) is 19.9 Å². The fraction of sp³-hybridized carbons (Fsp3) is 0.615. The molecule has 0 saturated carbocycles. The van der Waals surface area contributed by atoms with E-state index in [2.05, 4.69) is 10.4 Å². The maximum Gasteiger partial charge on any atom is 0.226 e. The van der Waals surface area contributed by atoms with Crippen LogP contribution in [-0.2, 0) is 16.1 Å². The van der Waals surface area contributed by atoms with Crippen LogP contribution in [0.2, 0.25) is 0 Å². The monoisotopic (exact) mass is 264 g/mol. The van der Waals surface area contributed by atoms with Crippen molar-refractivity contribution in [2.24, 2.45) is 5.92 Å². The van der Waals surface area contributed by atoms with Crippen LogP contribution in [-0.4, -0.2) is 46.1 Å². The van der Waals surface area contributed by atoms with Crippen LogP contribution in [0.25, 0.3) is 0 Å². The molecule has 6 nitrogen and oxygen atoms in total. The van der Waals surface area contributed by atoms with E-state index in [1.54, 1.807) is 4.90 Å². The second-order valence-electron chi connectivity index (χ2n) is 5.06. The minimum absolute atomic E-state index is 0.0269. The molecule has 0 atom stereocenters. The van der Waals surface area contributed by atoms with E-state index in [9.17, 15) is 9.59 Å². The normalized spacial score (nSPS) is 15.2. The molecule has 104 valence electrons. The molecule has 1 N–H and O–H groups in total. The highest BCUT2D eigenvalue weighted by Gasteiger charge is 2.33. The summed E-state index contributed by atoms with van der Waals surface area (Å²) in [5, 5.41) is 7.23. The number of aromatic nitrogens is 2. The van der Waals surface area contributed by atoms with Crippen LogP contribution < -0.4 is 5.32 Å². The van der Waals surface area contributed by atoms with Gasteiger partial charge in [0, 0.05) is 32.3 Å². The quantitative estimate of drug-likeness (QED) is 0.838. The molecule has 0 aromatic carbocycles. The Hall–Kier alpha value is -1.85. The molecule has 1 aromatic rings. The van der Waals surface area contributed by atoms with E-state index in [1.165, 1.54) is 6.92 Å². The second kappa shape index (κ2) is 5.42. The molecule has 1 saturated heterocycles. The summed E-state index contributed by atoms with van der Waals surface area (Å²) in [6, 6.07) is 2.01. The van der Waals surface area contributed by atoms with Crippen LogP contribution in [0, 0.1) is 19.8 Å². The third-order valence-corrected chi connectivity index (χ3v) is 3.42. The first kappa shape index (κ1) is 13.6. The van der Waals surface area contributed by atoms with E-state index in [1.807, 2.05) is 24.6 Å². The van der Waals surface area contributed by atoms with Gasteiger partial charge in [0.2, 0.25) is 11.8 Å². The molecular weight excluding hydrogens is 244 g/mol. The molecule has 1 aromatic heterocycles. The van der Waals surface area contributed by atoms with E-state index in [4.69, 9.17) is 0 Å². The number of carbonyl (C=O) groups is 2. The lowest BCUT2D eigenvalue weighted by Crippen LogP contribution is -2.55. The molecule has 1 aliphatic rings. The van der Waals surface area contributed by atoms with Crippen molar-refractivity contribution in [2.45, 2.75) is 27.3 Å². The van der Waals surface area contributed by atoms with Crippen molar-refractivity contribution in [1.82, 2.24) is 20.0 Å². The van der Waals surface area contributed by atoms with Gasteiger partial charge in [0.05, 0.1) is 18.2 Å². The van der Waals surface area contributed by atoms with E-state index in [0.717, 1.165) is 11.4 Å². The summed E-state index contributed by atoms with van der Waals surface area (Å²) in [7, 11) is 0. The Bertz CT molecular complexity index is 489. The molecule has 6 heteroatoms. The van der Waals surface area contributed by atoms with E-state index < -0.39 is 0 Å². The van der Waals surface area contributed by atoms with Gasteiger partial charge in [0.15, 0.2) is 0 Å². The molecule has 0 aliphatic carbocycles. The van der Waals surface area contributed by atoms with Gasteiger partial charge in [-0.1, -0.05) is 0 Å². The predicted octanol–water partition coefficient (Wildman–Crippen LogP) is 0.0944. The minimum Gasteiger partial charge on any atom is -0.354 e. The molecule has 0 unspecified atom stereocenters. The molecule has 0 bridgehead atoms. The number of likely N-dealkylation sites (tertiary alicyclic amines) is 1. The van der Waals surface area contributed by atoms with Crippen LogP contribution in [0.4, 0.5) is 0 Å². The Kier molecular flexibility index (Phi) is 3.87. The third kappa shape index (κ3) is 3.13. The molecule has 19 heavy (non-hydrogen) atoms. The average molecular weight is 264 g/mol. The molecular formula is C13H20N4O2. The number of nitrogens with one attached hydrogen (secondary N) is 1. The lowest BCUT2D eigenvalue weighted by molar-refractivity contribution is -0.141. The number of carbonyl (C=O) groups excluding carboxylic acids is 2. The molecule has 0 radical (unpaired) electrons. The van der Waals surface area contributed by atoms with E-state index >= 15 is 0 Å².